The van der Waals surface area contributed by atoms with E-state index in [1.807, 2.05) is 0 Å². The summed E-state index contributed by atoms with van der Waals surface area (Å²) in [6.07, 6.45) is 4.00. The molecule has 1 saturated heterocycles. The summed E-state index contributed by atoms with van der Waals surface area (Å²) < 4.78 is 61.4. The van der Waals surface area contributed by atoms with Gasteiger partial charge in [-0.05, 0) is 79.1 Å². The molecule has 4 atom stereocenters. The Hall–Kier alpha value is -3.87. The van der Waals surface area contributed by atoms with Gasteiger partial charge in [0.1, 0.15) is 17.7 Å². The van der Waals surface area contributed by atoms with Gasteiger partial charge in [0.05, 0.1) is 12.0 Å². The van der Waals surface area contributed by atoms with Gasteiger partial charge in [0.15, 0.2) is 0 Å². The number of nitrogens with zero attached hydrogens (tertiary/aromatic N) is 1. The monoisotopic (exact) mass is 668 g/mol. The molecule has 3 aromatic carbocycles. The highest BCUT2D eigenvalue weighted by Gasteiger charge is 2.38. The second-order valence-electron chi connectivity index (χ2n) is 12.2. The first-order valence-electron chi connectivity index (χ1n) is 16.1. The normalized spacial score (nSPS) is 21.1. The van der Waals surface area contributed by atoms with Gasteiger partial charge >= 0.3 is 6.09 Å². The molecule has 2 amide bonds. The predicted octanol–water partition coefficient (Wildman–Crippen LogP) is 4.94. The molecule has 9 nitrogen and oxygen atoms in total. The van der Waals surface area contributed by atoms with Crippen molar-refractivity contribution in [3.63, 3.8) is 0 Å². The highest BCUT2D eigenvalue weighted by atomic mass is 32.2. The van der Waals surface area contributed by atoms with Crippen LogP contribution in [0.2, 0.25) is 0 Å². The van der Waals surface area contributed by atoms with E-state index >= 15 is 0 Å². The molecule has 2 fully saturated rings. The Labute approximate surface area is 275 Å². The lowest BCUT2D eigenvalue weighted by atomic mass is 9.80. The zero-order chi connectivity index (χ0) is 33.4. The topological polar surface area (TPSA) is 117 Å². The first-order valence-corrected chi connectivity index (χ1v) is 17.5. The van der Waals surface area contributed by atoms with Crippen LogP contribution >= 0.6 is 0 Å². The van der Waals surface area contributed by atoms with Crippen LogP contribution in [0.15, 0.2) is 83.8 Å². The minimum absolute atomic E-state index is 0.0878. The highest BCUT2D eigenvalue weighted by Crippen LogP contribution is 2.33. The molecule has 0 aromatic heterocycles. The molecule has 3 N–H and O–H groups in total. The van der Waals surface area contributed by atoms with Crippen molar-refractivity contribution in [2.75, 3.05) is 26.7 Å². The first-order chi connectivity index (χ1) is 22.7. The summed E-state index contributed by atoms with van der Waals surface area (Å²) in [5, 5.41) is 9.20. The highest BCUT2D eigenvalue weighted by molar-refractivity contribution is 7.89. The summed E-state index contributed by atoms with van der Waals surface area (Å²) in [4.78, 5) is 27.0. The number of ether oxygens (including phenoxy) is 1. The molecule has 0 spiro atoms. The number of hydrogen-bond acceptors (Lipinski definition) is 6. The predicted molar refractivity (Wildman–Crippen MR) is 174 cm³/mol. The molecule has 1 unspecified atom stereocenters. The second kappa shape index (κ2) is 15.8. The Morgan fingerprint density at radius 3 is 2.15 bits per heavy atom. The number of nitrogens with one attached hydrogen (secondary N) is 3. The molecule has 1 aliphatic heterocycles. The van der Waals surface area contributed by atoms with Crippen LogP contribution in [0.4, 0.5) is 13.6 Å². The van der Waals surface area contributed by atoms with Gasteiger partial charge in [-0.25, -0.2) is 22.0 Å². The Morgan fingerprint density at radius 1 is 0.915 bits per heavy atom. The molecule has 47 heavy (non-hydrogen) atoms. The summed E-state index contributed by atoms with van der Waals surface area (Å²) >= 11 is 0. The van der Waals surface area contributed by atoms with Crippen LogP contribution in [0.3, 0.4) is 0 Å². The average molecular weight is 669 g/mol. The fourth-order valence-electron chi connectivity index (χ4n) is 6.86. The van der Waals surface area contributed by atoms with Crippen molar-refractivity contribution in [2.24, 2.45) is 5.92 Å². The van der Waals surface area contributed by atoms with Crippen molar-refractivity contribution in [3.05, 3.63) is 102 Å². The lowest BCUT2D eigenvalue weighted by Gasteiger charge is -2.38. The summed E-state index contributed by atoms with van der Waals surface area (Å²) in [6, 6.07) is 18.1. The minimum Gasteiger partial charge on any atom is -0.453 e. The molecule has 0 radical (unpaired) electrons. The van der Waals surface area contributed by atoms with Crippen molar-refractivity contribution in [1.82, 2.24) is 20.3 Å². The van der Waals surface area contributed by atoms with E-state index in [1.54, 1.807) is 58.9 Å². The van der Waals surface area contributed by atoms with E-state index < -0.39 is 45.6 Å². The number of sulfonamides is 1. The molecular formula is C35H42F2N4O5S. The van der Waals surface area contributed by atoms with Gasteiger partial charge in [-0.3, -0.25) is 4.79 Å². The maximum Gasteiger partial charge on any atom is 0.407 e. The largest absolute Gasteiger partial charge is 0.453 e. The zero-order valence-corrected chi connectivity index (χ0v) is 27.2. The average Bonchev–Trinajstić information content (AvgIpc) is 3.09. The van der Waals surface area contributed by atoms with E-state index in [2.05, 4.69) is 16.0 Å². The second-order valence-corrected chi connectivity index (χ2v) is 14.1. The van der Waals surface area contributed by atoms with Crippen molar-refractivity contribution in [3.8, 4) is 0 Å². The number of alkyl carbamates (subject to hydrolysis) is 1. The Balaban J connectivity index is 1.35. The fourth-order valence-corrected chi connectivity index (χ4v) is 8.53. The molecule has 0 bridgehead atoms. The van der Waals surface area contributed by atoms with Crippen LogP contribution in [0, 0.1) is 17.6 Å². The van der Waals surface area contributed by atoms with E-state index in [0.717, 1.165) is 25.7 Å². The number of carbonyl (C=O) groups excluding carboxylic acids is 2. The number of benzene rings is 3. The summed E-state index contributed by atoms with van der Waals surface area (Å²) in [5.74, 6) is -2.05. The summed E-state index contributed by atoms with van der Waals surface area (Å²) in [7, 11) is -2.46. The maximum absolute atomic E-state index is 14.1. The van der Waals surface area contributed by atoms with Crippen LogP contribution in [-0.2, 0) is 19.6 Å². The van der Waals surface area contributed by atoms with Crippen molar-refractivity contribution >= 4 is 22.0 Å². The standard InChI is InChI=1S/C35H42F2N4O5S/c1-46-35(43)40-33(32(25-11-16-27(36)17-12-25)26-13-18-28(37)19-14-26)34(42)39-31-10-6-5-7-24(31)15-20-29-23-38-21-22-41(29)47(44,45)30-8-3-2-4-9-30/h2-4,8-9,11-14,16-19,24,29,31-33,38H,5-7,10,15,20-23H2,1H3,(H,39,42)(H,40,43)/t24-,29+,31+,33?/m1/s1. The molecular weight excluding hydrogens is 626 g/mol. The molecule has 252 valence electrons. The third-order valence-electron chi connectivity index (χ3n) is 9.29. The zero-order valence-electron chi connectivity index (χ0n) is 26.4. The lowest BCUT2D eigenvalue weighted by Crippen LogP contribution is -2.55. The molecule has 2 aliphatic rings. The van der Waals surface area contributed by atoms with Crippen molar-refractivity contribution in [2.45, 2.75) is 67.5 Å². The van der Waals surface area contributed by atoms with E-state index in [1.165, 1.54) is 31.4 Å². The number of amides is 2. The number of halogens is 2. The Morgan fingerprint density at radius 2 is 1.53 bits per heavy atom. The molecule has 12 heteroatoms. The molecule has 5 rings (SSSR count). The Kier molecular flexibility index (Phi) is 11.6. The number of methoxy groups -OCH3 is 1. The van der Waals surface area contributed by atoms with E-state index in [-0.39, 0.29) is 22.9 Å². The van der Waals surface area contributed by atoms with Crippen LogP contribution in [-0.4, -0.2) is 69.6 Å². The van der Waals surface area contributed by atoms with Crippen LogP contribution < -0.4 is 16.0 Å². The van der Waals surface area contributed by atoms with Gasteiger partial charge in [0.2, 0.25) is 15.9 Å². The van der Waals surface area contributed by atoms with Gasteiger partial charge in [-0.15, -0.1) is 0 Å². The quantitative estimate of drug-likeness (QED) is 0.267. The van der Waals surface area contributed by atoms with E-state index in [0.29, 0.717) is 43.6 Å². The number of piperazine rings is 1. The van der Waals surface area contributed by atoms with Gasteiger partial charge in [-0.1, -0.05) is 55.3 Å². The van der Waals surface area contributed by atoms with Crippen LogP contribution in [0.25, 0.3) is 0 Å². The van der Waals surface area contributed by atoms with Crippen LogP contribution in [0.5, 0.6) is 0 Å². The SMILES string of the molecule is COC(=O)NC(C(=O)N[C@H]1CCCC[C@@H]1CC[C@H]1CNCCN1S(=O)(=O)c1ccccc1)C(c1ccc(F)cc1)c1ccc(F)cc1. The maximum atomic E-state index is 14.1. The fraction of sp³-hybridized carbons (Fsp3) is 0.429. The molecule has 1 saturated carbocycles. The number of carbonyl (C=O) groups is 2. The van der Waals surface area contributed by atoms with E-state index in [4.69, 9.17) is 4.74 Å². The van der Waals surface area contributed by atoms with Gasteiger partial charge < -0.3 is 20.7 Å². The molecule has 1 heterocycles. The summed E-state index contributed by atoms with van der Waals surface area (Å²) in [5.41, 5.74) is 1.11. The van der Waals surface area contributed by atoms with Crippen molar-refractivity contribution < 1.29 is 31.5 Å². The van der Waals surface area contributed by atoms with Gasteiger partial charge in [-0.2, -0.15) is 4.31 Å². The first kappa shape index (κ1) is 34.5. The minimum atomic E-state index is -3.67. The number of rotatable bonds is 11. The summed E-state index contributed by atoms with van der Waals surface area (Å²) in [6.45, 7) is 1.49. The molecule has 1 aliphatic carbocycles. The van der Waals surface area contributed by atoms with Crippen molar-refractivity contribution in [1.29, 1.82) is 0 Å². The molecule has 3 aromatic rings. The van der Waals surface area contributed by atoms with E-state index in [9.17, 15) is 26.8 Å². The lowest BCUT2D eigenvalue weighted by molar-refractivity contribution is -0.124. The van der Waals surface area contributed by atoms with Crippen LogP contribution in [0.1, 0.15) is 55.6 Å². The van der Waals surface area contributed by atoms with Gasteiger partial charge in [0, 0.05) is 37.6 Å². The Bertz CT molecular complexity index is 1550. The third kappa shape index (κ3) is 8.54. The van der Waals surface area contributed by atoms with Gasteiger partial charge in [0.25, 0.3) is 0 Å². The smallest absolute Gasteiger partial charge is 0.407 e. The third-order valence-corrected chi connectivity index (χ3v) is 11.3. The number of hydrogen-bond donors (Lipinski definition) is 3.